The quantitative estimate of drug-likeness (QED) is 0.738. The second kappa shape index (κ2) is 6.23. The van der Waals surface area contributed by atoms with E-state index in [2.05, 4.69) is 31.2 Å². The smallest absolute Gasteiger partial charge is 0.312 e. The summed E-state index contributed by atoms with van der Waals surface area (Å²) in [6.07, 6.45) is 6.38. The first-order chi connectivity index (χ1) is 9.24. The summed E-state index contributed by atoms with van der Waals surface area (Å²) >= 11 is 0. The van der Waals surface area contributed by atoms with E-state index in [1.807, 2.05) is 6.07 Å². The zero-order valence-electron chi connectivity index (χ0n) is 12.0. The fourth-order valence-corrected chi connectivity index (χ4v) is 3.64. The first-order valence-electron chi connectivity index (χ1n) is 7.38. The molecule has 0 aliphatic heterocycles. The minimum atomic E-state index is -0.286. The van der Waals surface area contributed by atoms with Crippen LogP contribution in [0.4, 0.5) is 0 Å². The number of ether oxygens (including phenoxy) is 1. The van der Waals surface area contributed by atoms with Gasteiger partial charge in [-0.1, -0.05) is 56.5 Å². The number of esters is 1. The predicted molar refractivity (Wildman–Crippen MR) is 77.0 cm³/mol. The average molecular weight is 260 g/mol. The second-order valence-corrected chi connectivity index (χ2v) is 5.61. The van der Waals surface area contributed by atoms with Crippen LogP contribution in [-0.4, -0.2) is 13.1 Å². The maximum atomic E-state index is 12.4. The summed E-state index contributed by atoms with van der Waals surface area (Å²) in [6.45, 7) is 2.19. The van der Waals surface area contributed by atoms with Gasteiger partial charge in [0.2, 0.25) is 0 Å². The van der Waals surface area contributed by atoms with Crippen molar-refractivity contribution in [3.8, 4) is 0 Å². The van der Waals surface area contributed by atoms with Gasteiger partial charge in [-0.25, -0.2) is 0 Å². The molecule has 1 saturated carbocycles. The van der Waals surface area contributed by atoms with Crippen LogP contribution in [0.5, 0.6) is 0 Å². The van der Waals surface area contributed by atoms with E-state index in [4.69, 9.17) is 4.74 Å². The Kier molecular flexibility index (Phi) is 4.62. The minimum Gasteiger partial charge on any atom is -0.469 e. The molecule has 104 valence electrons. The molecule has 0 amide bonds. The molecule has 0 saturated heterocycles. The number of rotatable bonds is 5. The number of carbonyl (C=O) groups excluding carboxylic acids is 1. The zero-order valence-corrected chi connectivity index (χ0v) is 12.0. The average Bonchev–Trinajstić information content (AvgIpc) is 2.95. The van der Waals surface area contributed by atoms with Crippen molar-refractivity contribution in [3.63, 3.8) is 0 Å². The third kappa shape index (κ3) is 2.68. The largest absolute Gasteiger partial charge is 0.469 e. The molecule has 2 rings (SSSR count). The van der Waals surface area contributed by atoms with E-state index in [-0.39, 0.29) is 11.4 Å². The third-order valence-corrected chi connectivity index (χ3v) is 4.53. The number of benzene rings is 1. The summed E-state index contributed by atoms with van der Waals surface area (Å²) in [4.78, 5) is 12.4. The molecule has 1 aliphatic carbocycles. The van der Waals surface area contributed by atoms with Crippen molar-refractivity contribution in [1.29, 1.82) is 0 Å². The van der Waals surface area contributed by atoms with E-state index in [1.165, 1.54) is 12.7 Å². The Hall–Kier alpha value is -1.31. The Labute approximate surface area is 116 Å². The van der Waals surface area contributed by atoms with Gasteiger partial charge in [-0.3, -0.25) is 4.79 Å². The molecule has 1 atom stereocenters. The molecule has 19 heavy (non-hydrogen) atoms. The molecule has 0 spiro atoms. The molecule has 1 aliphatic rings. The zero-order chi connectivity index (χ0) is 13.7. The number of hydrogen-bond donors (Lipinski definition) is 0. The Bertz CT molecular complexity index is 405. The Morgan fingerprint density at radius 1 is 1.26 bits per heavy atom. The van der Waals surface area contributed by atoms with Crippen LogP contribution in [0, 0.1) is 5.41 Å². The number of carbonyl (C=O) groups is 1. The van der Waals surface area contributed by atoms with Crippen LogP contribution in [0.25, 0.3) is 0 Å². The van der Waals surface area contributed by atoms with Crippen molar-refractivity contribution in [2.75, 3.05) is 7.11 Å². The summed E-state index contributed by atoms with van der Waals surface area (Å²) in [5.74, 6) is 0.293. The molecule has 0 heterocycles. The van der Waals surface area contributed by atoms with Crippen molar-refractivity contribution >= 4 is 5.97 Å². The molecule has 1 aromatic rings. The summed E-state index contributed by atoms with van der Waals surface area (Å²) < 4.78 is 5.15. The highest BCUT2D eigenvalue weighted by Gasteiger charge is 2.48. The standard InChI is InChI=1S/C17H24O2/c1-3-9-15(14-10-5-4-6-11-14)17(16(18)19-2)12-7-8-13-17/h4-6,10-11,15H,3,7-9,12-13H2,1-2H3. The van der Waals surface area contributed by atoms with E-state index < -0.39 is 0 Å². The molecule has 1 fully saturated rings. The van der Waals surface area contributed by atoms with E-state index in [1.54, 1.807) is 0 Å². The van der Waals surface area contributed by atoms with Gasteiger partial charge in [-0.15, -0.1) is 0 Å². The molecular weight excluding hydrogens is 236 g/mol. The fraction of sp³-hybridized carbons (Fsp3) is 0.588. The molecule has 0 N–H and O–H groups in total. The SMILES string of the molecule is CCCC(c1ccccc1)C1(C(=O)OC)CCCC1. The molecule has 0 radical (unpaired) electrons. The van der Waals surface area contributed by atoms with Crippen molar-refractivity contribution in [2.24, 2.45) is 5.41 Å². The summed E-state index contributed by atoms with van der Waals surface area (Å²) in [5.41, 5.74) is 1.00. The van der Waals surface area contributed by atoms with Gasteiger partial charge in [0.15, 0.2) is 0 Å². The van der Waals surface area contributed by atoms with Crippen LogP contribution in [0.1, 0.15) is 56.9 Å². The molecule has 1 unspecified atom stereocenters. The van der Waals surface area contributed by atoms with Crippen molar-refractivity contribution in [1.82, 2.24) is 0 Å². The van der Waals surface area contributed by atoms with Crippen LogP contribution in [-0.2, 0) is 9.53 Å². The second-order valence-electron chi connectivity index (χ2n) is 5.61. The molecule has 0 aromatic heterocycles. The summed E-state index contributed by atoms with van der Waals surface area (Å²) in [5, 5.41) is 0. The number of hydrogen-bond acceptors (Lipinski definition) is 2. The molecule has 0 bridgehead atoms. The van der Waals surface area contributed by atoms with Gasteiger partial charge in [0, 0.05) is 0 Å². The van der Waals surface area contributed by atoms with E-state index >= 15 is 0 Å². The maximum Gasteiger partial charge on any atom is 0.312 e. The van der Waals surface area contributed by atoms with Crippen LogP contribution >= 0.6 is 0 Å². The monoisotopic (exact) mass is 260 g/mol. The molecule has 2 nitrogen and oxygen atoms in total. The van der Waals surface area contributed by atoms with Crippen molar-refractivity contribution < 1.29 is 9.53 Å². The topological polar surface area (TPSA) is 26.3 Å². The lowest BCUT2D eigenvalue weighted by Crippen LogP contribution is -2.36. The van der Waals surface area contributed by atoms with E-state index in [0.717, 1.165) is 38.5 Å². The fourth-order valence-electron chi connectivity index (χ4n) is 3.64. The van der Waals surface area contributed by atoms with Gasteiger partial charge >= 0.3 is 5.97 Å². The lowest BCUT2D eigenvalue weighted by atomic mass is 9.68. The Morgan fingerprint density at radius 2 is 1.89 bits per heavy atom. The van der Waals surface area contributed by atoms with Gasteiger partial charge in [0.25, 0.3) is 0 Å². The van der Waals surface area contributed by atoms with Gasteiger partial charge < -0.3 is 4.74 Å². The van der Waals surface area contributed by atoms with Gasteiger partial charge in [-0.2, -0.15) is 0 Å². The van der Waals surface area contributed by atoms with Crippen LogP contribution in [0.2, 0.25) is 0 Å². The highest BCUT2D eigenvalue weighted by Crippen LogP contribution is 2.51. The van der Waals surface area contributed by atoms with Crippen molar-refractivity contribution in [2.45, 2.75) is 51.4 Å². The summed E-state index contributed by atoms with van der Waals surface area (Å²) in [6, 6.07) is 10.5. The third-order valence-electron chi connectivity index (χ3n) is 4.53. The summed E-state index contributed by atoms with van der Waals surface area (Å²) in [7, 11) is 1.52. The first-order valence-corrected chi connectivity index (χ1v) is 7.38. The van der Waals surface area contributed by atoms with E-state index in [0.29, 0.717) is 5.92 Å². The normalized spacial score (nSPS) is 19.1. The Balaban J connectivity index is 2.38. The highest BCUT2D eigenvalue weighted by atomic mass is 16.5. The minimum absolute atomic E-state index is 0.00713. The Morgan fingerprint density at radius 3 is 2.42 bits per heavy atom. The van der Waals surface area contributed by atoms with E-state index in [9.17, 15) is 4.79 Å². The molecular formula is C17H24O2. The van der Waals surface area contributed by atoms with Crippen molar-refractivity contribution in [3.05, 3.63) is 35.9 Å². The molecule has 1 aromatic carbocycles. The van der Waals surface area contributed by atoms with Crippen LogP contribution in [0.15, 0.2) is 30.3 Å². The van der Waals surface area contributed by atoms with Gasteiger partial charge in [-0.05, 0) is 30.7 Å². The predicted octanol–water partition coefficient (Wildman–Crippen LogP) is 4.30. The number of methoxy groups -OCH3 is 1. The lowest BCUT2D eigenvalue weighted by molar-refractivity contribution is -0.154. The lowest BCUT2D eigenvalue weighted by Gasteiger charge is -2.35. The highest BCUT2D eigenvalue weighted by molar-refractivity contribution is 5.78. The van der Waals surface area contributed by atoms with Gasteiger partial charge in [0.05, 0.1) is 12.5 Å². The first kappa shape index (κ1) is 14.1. The van der Waals surface area contributed by atoms with Crippen LogP contribution < -0.4 is 0 Å². The molecule has 2 heteroatoms. The van der Waals surface area contributed by atoms with Gasteiger partial charge in [0.1, 0.15) is 0 Å². The van der Waals surface area contributed by atoms with Crippen LogP contribution in [0.3, 0.4) is 0 Å². The maximum absolute atomic E-state index is 12.4.